The van der Waals surface area contributed by atoms with Gasteiger partial charge in [-0.05, 0) is 62.7 Å². The molecule has 1 heterocycles. The number of hydrogen-bond acceptors (Lipinski definition) is 7. The van der Waals surface area contributed by atoms with Crippen LogP contribution in [0, 0.1) is 6.92 Å². The van der Waals surface area contributed by atoms with Crippen molar-refractivity contribution in [3.8, 4) is 5.75 Å². The van der Waals surface area contributed by atoms with Gasteiger partial charge in [0.25, 0.3) is 0 Å². The van der Waals surface area contributed by atoms with Gasteiger partial charge in [0.15, 0.2) is 0 Å². The topological polar surface area (TPSA) is 70.3 Å². The number of rotatable bonds is 8. The van der Waals surface area contributed by atoms with Crippen molar-refractivity contribution in [3.63, 3.8) is 0 Å². The Balaban J connectivity index is 1.80. The Morgan fingerprint density at radius 2 is 2.00 bits per heavy atom. The molecule has 0 aliphatic carbocycles. The van der Waals surface area contributed by atoms with Gasteiger partial charge in [-0.1, -0.05) is 11.3 Å². The number of thiazole rings is 1. The molecule has 0 bridgehead atoms. The number of benzene rings is 2. The Kier molecular flexibility index (Phi) is 6.36. The molecule has 142 valence electrons. The zero-order chi connectivity index (χ0) is 19.2. The molecular formula is C20H24N4O2S. The molecule has 0 fully saturated rings. The second-order valence-electron chi connectivity index (χ2n) is 6.03. The van der Waals surface area contributed by atoms with Crippen LogP contribution in [-0.4, -0.2) is 36.4 Å². The Morgan fingerprint density at radius 1 is 1.15 bits per heavy atom. The van der Waals surface area contributed by atoms with Crippen LogP contribution in [0.2, 0.25) is 0 Å². The highest BCUT2D eigenvalue weighted by Crippen LogP contribution is 2.33. The molecule has 2 aromatic carbocycles. The van der Waals surface area contributed by atoms with E-state index >= 15 is 0 Å². The van der Waals surface area contributed by atoms with Gasteiger partial charge in [0.2, 0.25) is 5.13 Å². The van der Waals surface area contributed by atoms with Gasteiger partial charge in [0, 0.05) is 18.8 Å². The van der Waals surface area contributed by atoms with Crippen LogP contribution in [-0.2, 0) is 0 Å². The summed E-state index contributed by atoms with van der Waals surface area (Å²) < 4.78 is 6.56. The maximum Gasteiger partial charge on any atom is 0.231 e. The highest BCUT2D eigenvalue weighted by molar-refractivity contribution is 7.21. The predicted octanol–water partition coefficient (Wildman–Crippen LogP) is 5.24. The molecule has 3 aromatic rings. The molecule has 0 amide bonds. The van der Waals surface area contributed by atoms with E-state index in [1.165, 1.54) is 11.3 Å². The maximum absolute atomic E-state index is 9.18. The fraction of sp³-hybridized carbons (Fsp3) is 0.350. The normalized spacial score (nSPS) is 11.4. The highest BCUT2D eigenvalue weighted by atomic mass is 32.1. The van der Waals surface area contributed by atoms with Gasteiger partial charge in [-0.25, -0.2) is 4.98 Å². The molecule has 0 saturated carbocycles. The number of aliphatic hydroxyl groups is 1. The number of aromatic nitrogens is 1. The zero-order valence-corrected chi connectivity index (χ0v) is 16.7. The van der Waals surface area contributed by atoms with Crippen LogP contribution in [0.3, 0.4) is 0 Å². The van der Waals surface area contributed by atoms with Crippen LogP contribution >= 0.6 is 11.3 Å². The van der Waals surface area contributed by atoms with E-state index in [0.29, 0.717) is 18.3 Å². The van der Waals surface area contributed by atoms with Gasteiger partial charge >= 0.3 is 0 Å². The van der Waals surface area contributed by atoms with E-state index in [0.717, 1.165) is 39.4 Å². The lowest BCUT2D eigenvalue weighted by Crippen LogP contribution is -2.26. The zero-order valence-electron chi connectivity index (χ0n) is 15.8. The van der Waals surface area contributed by atoms with Crippen LogP contribution in [0.15, 0.2) is 46.6 Å². The number of aliphatic hydroxyl groups excluding tert-OH is 1. The summed E-state index contributed by atoms with van der Waals surface area (Å²) in [6.07, 6.45) is 0. The molecule has 0 aliphatic rings. The molecule has 0 radical (unpaired) electrons. The fourth-order valence-electron chi connectivity index (χ4n) is 2.83. The first kappa shape index (κ1) is 19.3. The second-order valence-corrected chi connectivity index (χ2v) is 7.04. The van der Waals surface area contributed by atoms with Crippen molar-refractivity contribution < 1.29 is 9.84 Å². The third-order valence-electron chi connectivity index (χ3n) is 4.20. The third-order valence-corrected chi connectivity index (χ3v) is 5.10. The van der Waals surface area contributed by atoms with Crippen molar-refractivity contribution in [1.29, 1.82) is 0 Å². The first-order valence-electron chi connectivity index (χ1n) is 9.06. The minimum absolute atomic E-state index is 0.136. The van der Waals surface area contributed by atoms with Gasteiger partial charge in [-0.2, -0.15) is 0 Å². The average molecular weight is 385 g/mol. The van der Waals surface area contributed by atoms with E-state index in [2.05, 4.69) is 33.1 Å². The number of hydrogen-bond donors (Lipinski definition) is 1. The summed E-state index contributed by atoms with van der Waals surface area (Å²) in [7, 11) is 0. The van der Waals surface area contributed by atoms with Crippen molar-refractivity contribution >= 4 is 38.1 Å². The molecule has 0 saturated heterocycles. The second kappa shape index (κ2) is 8.92. The van der Waals surface area contributed by atoms with Crippen molar-refractivity contribution in [2.45, 2.75) is 20.8 Å². The van der Waals surface area contributed by atoms with Crippen LogP contribution in [0.5, 0.6) is 5.75 Å². The van der Waals surface area contributed by atoms with Crippen LogP contribution in [0.4, 0.5) is 16.5 Å². The molecule has 3 rings (SSSR count). The maximum atomic E-state index is 9.18. The summed E-state index contributed by atoms with van der Waals surface area (Å²) in [6, 6.07) is 11.9. The summed E-state index contributed by atoms with van der Waals surface area (Å²) in [5.74, 6) is 0.840. The quantitative estimate of drug-likeness (QED) is 0.539. The van der Waals surface area contributed by atoms with Gasteiger partial charge < -0.3 is 14.7 Å². The summed E-state index contributed by atoms with van der Waals surface area (Å²) in [4.78, 5) is 6.63. The summed E-state index contributed by atoms with van der Waals surface area (Å²) in [6.45, 7) is 8.28. The number of fused-ring (bicyclic) bond motifs is 1. The van der Waals surface area contributed by atoms with Gasteiger partial charge in [-0.3, -0.25) is 0 Å². The van der Waals surface area contributed by atoms with E-state index in [-0.39, 0.29) is 6.61 Å². The highest BCUT2D eigenvalue weighted by Gasteiger charge is 2.07. The molecule has 1 aromatic heterocycles. The molecule has 0 spiro atoms. The van der Waals surface area contributed by atoms with E-state index in [4.69, 9.17) is 4.74 Å². The van der Waals surface area contributed by atoms with Crippen LogP contribution in [0.1, 0.15) is 19.4 Å². The average Bonchev–Trinajstić information content (AvgIpc) is 3.07. The number of anilines is 1. The van der Waals surface area contributed by atoms with Gasteiger partial charge in [0.1, 0.15) is 5.75 Å². The number of ether oxygens (including phenoxy) is 1. The van der Waals surface area contributed by atoms with Gasteiger partial charge in [0.05, 0.1) is 29.1 Å². The molecule has 27 heavy (non-hydrogen) atoms. The number of aryl methyl sites for hydroxylation is 1. The third kappa shape index (κ3) is 4.61. The summed E-state index contributed by atoms with van der Waals surface area (Å²) in [5.41, 5.74) is 3.82. The lowest BCUT2D eigenvalue weighted by Gasteiger charge is -2.22. The number of nitrogens with zero attached hydrogens (tertiary/aromatic N) is 4. The fourth-order valence-corrected chi connectivity index (χ4v) is 3.64. The van der Waals surface area contributed by atoms with E-state index in [9.17, 15) is 5.11 Å². The van der Waals surface area contributed by atoms with Crippen molar-refractivity contribution in [1.82, 2.24) is 4.98 Å². The predicted molar refractivity (Wildman–Crippen MR) is 111 cm³/mol. The smallest absolute Gasteiger partial charge is 0.231 e. The lowest BCUT2D eigenvalue weighted by molar-refractivity contribution is 0.302. The van der Waals surface area contributed by atoms with Gasteiger partial charge in [-0.15, -0.1) is 10.2 Å². The largest absolute Gasteiger partial charge is 0.494 e. The summed E-state index contributed by atoms with van der Waals surface area (Å²) >= 11 is 1.49. The Labute approximate surface area is 163 Å². The first-order valence-corrected chi connectivity index (χ1v) is 9.87. The van der Waals surface area contributed by atoms with Crippen molar-refractivity contribution in [2.75, 3.05) is 31.2 Å². The first-order chi connectivity index (χ1) is 13.1. The van der Waals surface area contributed by atoms with E-state index in [1.54, 1.807) is 0 Å². The lowest BCUT2D eigenvalue weighted by atomic mass is 10.1. The van der Waals surface area contributed by atoms with Crippen LogP contribution in [0.25, 0.3) is 10.2 Å². The van der Waals surface area contributed by atoms with Crippen molar-refractivity contribution in [3.05, 3.63) is 42.0 Å². The van der Waals surface area contributed by atoms with E-state index < -0.39 is 0 Å². The molecule has 6 nitrogen and oxygen atoms in total. The standard InChI is InChI=1S/C20H24N4O2S/c1-4-24(10-11-25)15-6-8-17(14(3)12-15)22-23-20-21-18-9-7-16(26-5-2)13-19(18)27-20/h6-9,12-13,25H,4-5,10-11H2,1-3H3. The number of azo groups is 1. The van der Waals surface area contributed by atoms with Crippen molar-refractivity contribution in [2.24, 2.45) is 10.2 Å². The molecule has 0 unspecified atom stereocenters. The Bertz CT molecular complexity index is 939. The minimum Gasteiger partial charge on any atom is -0.494 e. The van der Waals surface area contributed by atoms with Crippen LogP contribution < -0.4 is 9.64 Å². The number of likely N-dealkylation sites (N-methyl/N-ethyl adjacent to an activating group) is 1. The molecular weight excluding hydrogens is 360 g/mol. The molecule has 7 heteroatoms. The monoisotopic (exact) mass is 384 g/mol. The minimum atomic E-state index is 0.136. The SMILES string of the molecule is CCOc1ccc2nc(N=Nc3ccc(N(CC)CCO)cc3C)sc2c1. The molecule has 0 aliphatic heterocycles. The molecule has 0 atom stereocenters. The van der Waals surface area contributed by atoms with E-state index in [1.807, 2.05) is 44.2 Å². The summed E-state index contributed by atoms with van der Waals surface area (Å²) in [5, 5.41) is 18.5. The molecule has 1 N–H and O–H groups in total. The Hall–Kier alpha value is -2.51. The Morgan fingerprint density at radius 3 is 2.70 bits per heavy atom.